The lowest BCUT2D eigenvalue weighted by Crippen LogP contribution is -2.33. The molecule has 3 nitrogen and oxygen atoms in total. The van der Waals surface area contributed by atoms with Crippen molar-refractivity contribution in [2.75, 3.05) is 6.54 Å². The number of hydrogen-bond acceptors (Lipinski definition) is 2. The maximum absolute atomic E-state index is 11.9. The van der Waals surface area contributed by atoms with Crippen molar-refractivity contribution in [2.45, 2.75) is 33.7 Å². The molecule has 0 aromatic heterocycles. The smallest absolute Gasteiger partial charge is 0.251 e. The minimum atomic E-state index is -0.0184. The Morgan fingerprint density at radius 2 is 1.88 bits per heavy atom. The van der Waals surface area contributed by atoms with Gasteiger partial charge in [0.1, 0.15) is 0 Å². The predicted molar refractivity (Wildman–Crippen MR) is 70.7 cm³/mol. The van der Waals surface area contributed by atoms with Crippen LogP contribution < -0.4 is 11.1 Å². The van der Waals surface area contributed by atoms with Crippen LogP contribution in [-0.2, 0) is 6.54 Å². The summed E-state index contributed by atoms with van der Waals surface area (Å²) in [6, 6.07) is 7.41. The Morgan fingerprint density at radius 1 is 1.29 bits per heavy atom. The molecule has 0 aliphatic carbocycles. The first-order chi connectivity index (χ1) is 7.98. The Balaban J connectivity index is 2.58. The summed E-state index contributed by atoms with van der Waals surface area (Å²) in [5.74, 6) is -0.0184. The van der Waals surface area contributed by atoms with Crippen LogP contribution in [0.4, 0.5) is 0 Å². The van der Waals surface area contributed by atoms with Gasteiger partial charge >= 0.3 is 0 Å². The summed E-state index contributed by atoms with van der Waals surface area (Å²) in [5, 5.41) is 2.96. The number of hydrogen-bond donors (Lipinski definition) is 2. The standard InChI is InChI=1S/C14H22N2O/c1-4-14(2,3)10-16-13(17)12-7-5-11(9-15)6-8-12/h5-8H,4,9-10,15H2,1-3H3,(H,16,17). The van der Waals surface area contributed by atoms with Crippen LogP contribution in [0.1, 0.15) is 43.1 Å². The second kappa shape index (κ2) is 5.82. The van der Waals surface area contributed by atoms with E-state index in [1.165, 1.54) is 0 Å². The summed E-state index contributed by atoms with van der Waals surface area (Å²) in [6.45, 7) is 7.61. The molecule has 0 spiro atoms. The second-order valence-corrected chi connectivity index (χ2v) is 5.10. The van der Waals surface area contributed by atoms with Crippen LogP contribution in [0.25, 0.3) is 0 Å². The van der Waals surface area contributed by atoms with E-state index in [0.717, 1.165) is 12.0 Å². The molecule has 3 N–H and O–H groups in total. The van der Waals surface area contributed by atoms with Gasteiger partial charge in [0.25, 0.3) is 5.91 Å². The molecule has 94 valence electrons. The molecule has 0 aliphatic rings. The maximum Gasteiger partial charge on any atom is 0.251 e. The highest BCUT2D eigenvalue weighted by Crippen LogP contribution is 2.17. The van der Waals surface area contributed by atoms with Crippen molar-refractivity contribution in [3.63, 3.8) is 0 Å². The van der Waals surface area contributed by atoms with Gasteiger partial charge in [-0.2, -0.15) is 0 Å². The van der Waals surface area contributed by atoms with E-state index >= 15 is 0 Å². The van der Waals surface area contributed by atoms with Crippen molar-refractivity contribution >= 4 is 5.91 Å². The van der Waals surface area contributed by atoms with Crippen molar-refractivity contribution in [1.29, 1.82) is 0 Å². The van der Waals surface area contributed by atoms with Gasteiger partial charge in [0.15, 0.2) is 0 Å². The number of benzene rings is 1. The first-order valence-corrected chi connectivity index (χ1v) is 6.06. The second-order valence-electron chi connectivity index (χ2n) is 5.10. The highest BCUT2D eigenvalue weighted by Gasteiger charge is 2.16. The summed E-state index contributed by atoms with van der Waals surface area (Å²) >= 11 is 0. The monoisotopic (exact) mass is 234 g/mol. The van der Waals surface area contributed by atoms with Gasteiger partial charge in [-0.3, -0.25) is 4.79 Å². The van der Waals surface area contributed by atoms with Gasteiger partial charge in [0.2, 0.25) is 0 Å². The Labute approximate surface area is 103 Å². The van der Waals surface area contributed by atoms with Crippen molar-refractivity contribution < 1.29 is 4.79 Å². The van der Waals surface area contributed by atoms with Crippen LogP contribution >= 0.6 is 0 Å². The van der Waals surface area contributed by atoms with Gasteiger partial charge in [-0.05, 0) is 29.5 Å². The van der Waals surface area contributed by atoms with Gasteiger partial charge in [0.05, 0.1) is 0 Å². The molecular formula is C14H22N2O. The zero-order valence-corrected chi connectivity index (χ0v) is 10.9. The third-order valence-electron chi connectivity index (χ3n) is 3.14. The van der Waals surface area contributed by atoms with Crippen molar-refractivity contribution in [3.8, 4) is 0 Å². The normalized spacial score (nSPS) is 11.3. The first-order valence-electron chi connectivity index (χ1n) is 6.06. The molecule has 0 unspecified atom stereocenters. The van der Waals surface area contributed by atoms with Crippen molar-refractivity contribution in [3.05, 3.63) is 35.4 Å². The molecule has 0 radical (unpaired) electrons. The Kier molecular flexibility index (Phi) is 4.70. The molecule has 1 aromatic carbocycles. The first kappa shape index (κ1) is 13.7. The van der Waals surface area contributed by atoms with Crippen molar-refractivity contribution in [1.82, 2.24) is 5.32 Å². The molecule has 0 atom stereocenters. The molecule has 17 heavy (non-hydrogen) atoms. The molecular weight excluding hydrogens is 212 g/mol. The van der Waals surface area contributed by atoms with Crippen LogP contribution in [0.2, 0.25) is 0 Å². The zero-order chi connectivity index (χ0) is 12.9. The fourth-order valence-corrected chi connectivity index (χ4v) is 1.34. The minimum Gasteiger partial charge on any atom is -0.352 e. The summed E-state index contributed by atoms with van der Waals surface area (Å²) < 4.78 is 0. The predicted octanol–water partition coefficient (Wildman–Crippen LogP) is 2.31. The molecule has 0 heterocycles. The number of carbonyl (C=O) groups is 1. The molecule has 0 saturated heterocycles. The molecule has 0 saturated carbocycles. The van der Waals surface area contributed by atoms with E-state index in [1.807, 2.05) is 24.3 Å². The number of nitrogens with one attached hydrogen (secondary N) is 1. The van der Waals surface area contributed by atoms with Gasteiger partial charge in [0, 0.05) is 18.7 Å². The Hall–Kier alpha value is -1.35. The number of amides is 1. The Bertz CT molecular complexity index is 368. The fourth-order valence-electron chi connectivity index (χ4n) is 1.34. The molecule has 3 heteroatoms. The SMILES string of the molecule is CCC(C)(C)CNC(=O)c1ccc(CN)cc1. The van der Waals surface area contributed by atoms with Gasteiger partial charge < -0.3 is 11.1 Å². The van der Waals surface area contributed by atoms with E-state index in [0.29, 0.717) is 18.7 Å². The molecule has 1 rings (SSSR count). The molecule has 1 aromatic rings. The zero-order valence-electron chi connectivity index (χ0n) is 10.9. The van der Waals surface area contributed by atoms with E-state index in [9.17, 15) is 4.79 Å². The summed E-state index contributed by atoms with van der Waals surface area (Å²) in [6.07, 6.45) is 1.04. The van der Waals surface area contributed by atoms with Crippen molar-refractivity contribution in [2.24, 2.45) is 11.1 Å². The highest BCUT2D eigenvalue weighted by atomic mass is 16.1. The lowest BCUT2D eigenvalue weighted by Gasteiger charge is -2.22. The molecule has 0 aliphatic heterocycles. The largest absolute Gasteiger partial charge is 0.352 e. The van der Waals surface area contributed by atoms with E-state index < -0.39 is 0 Å². The Morgan fingerprint density at radius 3 is 2.35 bits per heavy atom. The van der Waals surface area contributed by atoms with Gasteiger partial charge in [-0.15, -0.1) is 0 Å². The fraction of sp³-hybridized carbons (Fsp3) is 0.500. The van der Waals surface area contributed by atoms with Crippen LogP contribution in [0.3, 0.4) is 0 Å². The summed E-state index contributed by atoms with van der Waals surface area (Å²) in [4.78, 5) is 11.9. The third-order valence-corrected chi connectivity index (χ3v) is 3.14. The lowest BCUT2D eigenvalue weighted by atomic mass is 9.90. The number of nitrogens with two attached hydrogens (primary N) is 1. The van der Waals surface area contributed by atoms with Crippen LogP contribution in [0, 0.1) is 5.41 Å². The summed E-state index contributed by atoms with van der Waals surface area (Å²) in [7, 11) is 0. The van der Waals surface area contributed by atoms with Gasteiger partial charge in [-0.25, -0.2) is 0 Å². The molecule has 1 amide bonds. The van der Waals surface area contributed by atoms with Gasteiger partial charge in [-0.1, -0.05) is 32.9 Å². The summed E-state index contributed by atoms with van der Waals surface area (Å²) in [5.41, 5.74) is 7.38. The van der Waals surface area contributed by atoms with Crippen LogP contribution in [0.5, 0.6) is 0 Å². The molecule has 0 bridgehead atoms. The lowest BCUT2D eigenvalue weighted by molar-refractivity contribution is 0.0935. The quantitative estimate of drug-likeness (QED) is 0.821. The average molecular weight is 234 g/mol. The minimum absolute atomic E-state index is 0.0184. The maximum atomic E-state index is 11.9. The van der Waals surface area contributed by atoms with E-state index in [-0.39, 0.29) is 11.3 Å². The van der Waals surface area contributed by atoms with E-state index in [2.05, 4.69) is 26.1 Å². The number of carbonyl (C=O) groups excluding carboxylic acids is 1. The molecule has 0 fully saturated rings. The third kappa shape index (κ3) is 4.19. The van der Waals surface area contributed by atoms with Crippen LogP contribution in [-0.4, -0.2) is 12.5 Å². The van der Waals surface area contributed by atoms with E-state index in [4.69, 9.17) is 5.73 Å². The average Bonchev–Trinajstić information content (AvgIpc) is 2.36. The highest BCUT2D eigenvalue weighted by molar-refractivity contribution is 5.94. The topological polar surface area (TPSA) is 55.1 Å². The van der Waals surface area contributed by atoms with Crippen LogP contribution in [0.15, 0.2) is 24.3 Å². The van der Waals surface area contributed by atoms with E-state index in [1.54, 1.807) is 0 Å². The number of rotatable bonds is 5.